The third kappa shape index (κ3) is 5.03. The van der Waals surface area contributed by atoms with Crippen LogP contribution in [0.1, 0.15) is 51.9 Å². The van der Waals surface area contributed by atoms with Gasteiger partial charge in [-0.2, -0.15) is 0 Å². The van der Waals surface area contributed by atoms with Gasteiger partial charge < -0.3 is 20.6 Å². The second kappa shape index (κ2) is 10.4. The third-order valence-electron chi connectivity index (χ3n) is 7.68. The number of rotatable bonds is 6. The van der Waals surface area contributed by atoms with E-state index in [0.717, 1.165) is 48.3 Å². The Labute approximate surface area is 226 Å². The van der Waals surface area contributed by atoms with E-state index in [1.807, 2.05) is 53.4 Å². The number of aromatic carboxylic acids is 1. The normalized spacial score (nSPS) is 17.8. The highest BCUT2D eigenvalue weighted by atomic mass is 16.4. The van der Waals surface area contributed by atoms with Crippen LogP contribution >= 0.6 is 0 Å². The number of benzene rings is 3. The molecule has 8 nitrogen and oxygen atoms in total. The van der Waals surface area contributed by atoms with Crippen molar-refractivity contribution < 1.29 is 19.5 Å². The average Bonchev–Trinajstić information content (AvgIpc) is 3.52. The summed E-state index contributed by atoms with van der Waals surface area (Å²) in [5.74, 6) is -1.18. The number of nitrogens with zero attached hydrogens (tertiary/aromatic N) is 2. The highest BCUT2D eigenvalue weighted by Crippen LogP contribution is 2.38. The van der Waals surface area contributed by atoms with E-state index in [2.05, 4.69) is 15.5 Å². The first-order chi connectivity index (χ1) is 19.0. The van der Waals surface area contributed by atoms with Gasteiger partial charge in [0, 0.05) is 24.3 Å². The fraction of sp³-hybridized carbons (Fsp3) is 0.258. The van der Waals surface area contributed by atoms with Crippen molar-refractivity contribution in [1.82, 2.24) is 9.80 Å². The first-order valence-electron chi connectivity index (χ1n) is 13.3. The van der Waals surface area contributed by atoms with Gasteiger partial charge >= 0.3 is 5.97 Å². The molecule has 0 bridgehead atoms. The van der Waals surface area contributed by atoms with Crippen LogP contribution < -0.4 is 10.6 Å². The maximum Gasteiger partial charge on any atom is 0.335 e. The lowest BCUT2D eigenvalue weighted by Gasteiger charge is -2.27. The Morgan fingerprint density at radius 2 is 1.64 bits per heavy atom. The molecule has 3 aromatic rings. The zero-order chi connectivity index (χ0) is 26.9. The van der Waals surface area contributed by atoms with E-state index in [0.29, 0.717) is 42.2 Å². The first-order valence-corrected chi connectivity index (χ1v) is 13.3. The molecule has 0 spiro atoms. The molecule has 1 saturated heterocycles. The zero-order valence-corrected chi connectivity index (χ0v) is 21.6. The van der Waals surface area contributed by atoms with E-state index in [-0.39, 0.29) is 17.4 Å². The second-order valence-corrected chi connectivity index (χ2v) is 10.3. The molecule has 0 atom stereocenters. The van der Waals surface area contributed by atoms with Crippen LogP contribution in [0.25, 0.3) is 11.3 Å². The van der Waals surface area contributed by atoms with Crippen LogP contribution in [0.4, 0.5) is 11.4 Å². The van der Waals surface area contributed by atoms with Crippen molar-refractivity contribution in [3.05, 3.63) is 94.5 Å². The predicted octanol–water partition coefficient (Wildman–Crippen LogP) is 4.65. The number of likely N-dealkylation sites (tertiary alicyclic amines) is 1. The Morgan fingerprint density at radius 1 is 0.872 bits per heavy atom. The van der Waals surface area contributed by atoms with E-state index >= 15 is 0 Å². The molecule has 0 radical (unpaired) electrons. The van der Waals surface area contributed by atoms with Crippen molar-refractivity contribution in [1.29, 1.82) is 0 Å². The summed E-state index contributed by atoms with van der Waals surface area (Å²) in [6.45, 7) is 3.63. The lowest BCUT2D eigenvalue weighted by molar-refractivity contribution is -0.133. The van der Waals surface area contributed by atoms with Gasteiger partial charge in [-0.1, -0.05) is 48.9 Å². The largest absolute Gasteiger partial charge is 0.478 e. The molecule has 3 N–H and O–H groups in total. The number of fused-ring (bicyclic) bond motifs is 2. The molecule has 3 aromatic carbocycles. The quantitative estimate of drug-likeness (QED) is 0.408. The molecule has 3 heterocycles. The highest BCUT2D eigenvalue weighted by Gasteiger charge is 2.30. The maximum atomic E-state index is 13.2. The summed E-state index contributed by atoms with van der Waals surface area (Å²) < 4.78 is 0. The molecule has 2 amide bonds. The number of hydrogen-bond acceptors (Lipinski definition) is 5. The van der Waals surface area contributed by atoms with E-state index in [4.69, 9.17) is 0 Å². The van der Waals surface area contributed by atoms with Crippen molar-refractivity contribution in [2.75, 3.05) is 30.3 Å². The third-order valence-corrected chi connectivity index (χ3v) is 7.68. The summed E-state index contributed by atoms with van der Waals surface area (Å²) >= 11 is 0. The minimum absolute atomic E-state index is 0.113. The summed E-state index contributed by atoms with van der Waals surface area (Å²) in [5.41, 5.74) is 6.18. The molecular formula is C31H30N4O4. The number of carboxylic acids is 1. The first kappa shape index (κ1) is 24.9. The standard InChI is InChI=1S/C31H30N4O4/c36-27(19-34-13-5-2-6-14-34)35-17-22-9-11-24(15-23(22)18-35)32-29(20-7-3-1-4-8-20)28-25-12-10-21(31(38)39)16-26(25)33-30(28)37/h1,3-4,7-12,15-16,32H,2,5-6,13-14,17-19H2,(H,33,37)(H,38,39)/b29-28-. The van der Waals surface area contributed by atoms with Crippen LogP contribution in [-0.2, 0) is 22.7 Å². The number of piperidine rings is 1. The van der Waals surface area contributed by atoms with Crippen molar-refractivity contribution in [2.45, 2.75) is 32.4 Å². The van der Waals surface area contributed by atoms with Gasteiger partial charge in [0.2, 0.25) is 5.91 Å². The molecule has 3 aliphatic rings. The van der Waals surface area contributed by atoms with Gasteiger partial charge in [0.05, 0.1) is 29.1 Å². The van der Waals surface area contributed by atoms with Crippen molar-refractivity contribution in [3.63, 3.8) is 0 Å². The minimum Gasteiger partial charge on any atom is -0.478 e. The molecule has 3 aliphatic heterocycles. The molecule has 0 unspecified atom stereocenters. The molecule has 0 saturated carbocycles. The van der Waals surface area contributed by atoms with Crippen molar-refractivity contribution >= 4 is 40.4 Å². The van der Waals surface area contributed by atoms with Crippen molar-refractivity contribution in [3.8, 4) is 0 Å². The number of carbonyl (C=O) groups excluding carboxylic acids is 2. The molecule has 6 rings (SSSR count). The zero-order valence-electron chi connectivity index (χ0n) is 21.6. The molecule has 0 aromatic heterocycles. The Bertz CT molecular complexity index is 1490. The lowest BCUT2D eigenvalue weighted by atomic mass is 9.98. The van der Waals surface area contributed by atoms with Gasteiger partial charge in [0.25, 0.3) is 5.91 Å². The summed E-state index contributed by atoms with van der Waals surface area (Å²) in [4.78, 5) is 41.8. The predicted molar refractivity (Wildman–Crippen MR) is 150 cm³/mol. The van der Waals surface area contributed by atoms with Crippen LogP contribution in [0, 0.1) is 0 Å². The lowest BCUT2D eigenvalue weighted by Crippen LogP contribution is -2.40. The molecule has 8 heteroatoms. The van der Waals surface area contributed by atoms with Gasteiger partial charge in [-0.05, 0) is 66.9 Å². The average molecular weight is 523 g/mol. The Morgan fingerprint density at radius 3 is 2.41 bits per heavy atom. The Balaban J connectivity index is 1.29. The van der Waals surface area contributed by atoms with Crippen LogP contribution in [0.3, 0.4) is 0 Å². The maximum absolute atomic E-state index is 13.2. The number of hydrogen-bond donors (Lipinski definition) is 3. The van der Waals surface area contributed by atoms with E-state index in [1.54, 1.807) is 6.07 Å². The minimum atomic E-state index is -1.05. The molecule has 39 heavy (non-hydrogen) atoms. The molecule has 1 fully saturated rings. The van der Waals surface area contributed by atoms with Crippen LogP contribution in [-0.4, -0.2) is 52.3 Å². The summed E-state index contributed by atoms with van der Waals surface area (Å²) in [7, 11) is 0. The van der Waals surface area contributed by atoms with Crippen LogP contribution in [0.15, 0.2) is 66.7 Å². The van der Waals surface area contributed by atoms with Gasteiger partial charge in [-0.25, -0.2) is 4.79 Å². The fourth-order valence-electron chi connectivity index (χ4n) is 5.64. The van der Waals surface area contributed by atoms with Gasteiger partial charge in [-0.15, -0.1) is 0 Å². The number of anilines is 2. The SMILES string of the molecule is O=C1Nc2cc(C(=O)O)ccc2/C1=C(/Nc1ccc2c(c1)CN(C(=O)CN1CCCCC1)C2)c1ccccc1. The second-order valence-electron chi connectivity index (χ2n) is 10.3. The van der Waals surface area contributed by atoms with Gasteiger partial charge in [0.15, 0.2) is 0 Å². The summed E-state index contributed by atoms with van der Waals surface area (Å²) in [5, 5.41) is 15.7. The van der Waals surface area contributed by atoms with Gasteiger partial charge in [0.1, 0.15) is 0 Å². The molecule has 198 valence electrons. The van der Waals surface area contributed by atoms with Crippen LogP contribution in [0.2, 0.25) is 0 Å². The number of nitrogens with one attached hydrogen (secondary N) is 2. The number of carboxylic acid groups (broad SMARTS) is 1. The summed E-state index contributed by atoms with van der Waals surface area (Å²) in [6, 6.07) is 20.3. The van der Waals surface area contributed by atoms with Crippen molar-refractivity contribution in [2.24, 2.45) is 0 Å². The Hall–Kier alpha value is -4.43. The van der Waals surface area contributed by atoms with E-state index in [9.17, 15) is 19.5 Å². The van der Waals surface area contributed by atoms with Crippen LogP contribution in [0.5, 0.6) is 0 Å². The van der Waals surface area contributed by atoms with E-state index in [1.165, 1.54) is 18.6 Å². The van der Waals surface area contributed by atoms with E-state index < -0.39 is 5.97 Å². The number of amides is 2. The fourth-order valence-corrected chi connectivity index (χ4v) is 5.64. The number of carbonyl (C=O) groups is 3. The monoisotopic (exact) mass is 522 g/mol. The smallest absolute Gasteiger partial charge is 0.335 e. The summed E-state index contributed by atoms with van der Waals surface area (Å²) in [6.07, 6.45) is 3.56. The Kier molecular flexibility index (Phi) is 6.62. The molecular weight excluding hydrogens is 492 g/mol. The topological polar surface area (TPSA) is 102 Å². The van der Waals surface area contributed by atoms with Gasteiger partial charge in [-0.3, -0.25) is 14.5 Å². The highest BCUT2D eigenvalue weighted by molar-refractivity contribution is 6.37. The molecule has 0 aliphatic carbocycles.